The summed E-state index contributed by atoms with van der Waals surface area (Å²) in [5.41, 5.74) is 6.36. The molecule has 1 rings (SSSR count). The fraction of sp³-hybridized carbons (Fsp3) is 0.667. The van der Waals surface area contributed by atoms with E-state index in [9.17, 15) is 24.3 Å². The maximum Gasteiger partial charge on any atom is 0.514 e. The predicted octanol–water partition coefficient (Wildman–Crippen LogP) is 6.57. The molecule has 4 unspecified atom stereocenters. The lowest BCUT2D eigenvalue weighted by molar-refractivity contribution is -0.139. The number of benzene rings is 1. The van der Waals surface area contributed by atoms with Crippen molar-refractivity contribution in [1.82, 2.24) is 0 Å². The van der Waals surface area contributed by atoms with Gasteiger partial charge in [-0.3, -0.25) is 4.79 Å². The number of aliphatic carboxylic acids is 1. The van der Waals surface area contributed by atoms with Crippen LogP contribution in [-0.2, 0) is 23.7 Å². The minimum absolute atomic E-state index is 0.000938. The van der Waals surface area contributed by atoms with Crippen molar-refractivity contribution in [3.63, 3.8) is 0 Å². The van der Waals surface area contributed by atoms with Crippen molar-refractivity contribution >= 4 is 24.4 Å². The van der Waals surface area contributed by atoms with E-state index in [1.807, 2.05) is 27.7 Å². The molecule has 42 heavy (non-hydrogen) atoms. The van der Waals surface area contributed by atoms with Gasteiger partial charge in [-0.25, -0.2) is 14.4 Å². The van der Waals surface area contributed by atoms with E-state index in [-0.39, 0.29) is 24.5 Å². The number of ether oxygens (including phenoxy) is 6. The van der Waals surface area contributed by atoms with Gasteiger partial charge >= 0.3 is 24.4 Å². The molecule has 0 saturated carbocycles. The summed E-state index contributed by atoms with van der Waals surface area (Å²) in [6.45, 7) is 13.1. The van der Waals surface area contributed by atoms with Crippen LogP contribution in [0.1, 0.15) is 98.5 Å². The number of nitrogens with two attached hydrogens (primary N) is 1. The summed E-state index contributed by atoms with van der Waals surface area (Å²) in [5.74, 6) is -2.20. The fourth-order valence-corrected chi connectivity index (χ4v) is 4.05. The molecule has 238 valence electrons. The van der Waals surface area contributed by atoms with Crippen molar-refractivity contribution in [2.45, 2.75) is 117 Å². The lowest BCUT2D eigenvalue weighted by Gasteiger charge is -2.25. The van der Waals surface area contributed by atoms with Crippen LogP contribution in [-0.4, -0.2) is 60.5 Å². The van der Waals surface area contributed by atoms with Gasteiger partial charge < -0.3 is 39.3 Å². The zero-order valence-electron chi connectivity index (χ0n) is 25.8. The Labute approximate surface area is 248 Å². The summed E-state index contributed by atoms with van der Waals surface area (Å²) in [7, 11) is 0. The maximum absolute atomic E-state index is 12.5. The molecule has 0 heterocycles. The smallest absolute Gasteiger partial charge is 0.480 e. The molecule has 1 aromatic rings. The summed E-state index contributed by atoms with van der Waals surface area (Å²) < 4.78 is 31.6. The van der Waals surface area contributed by atoms with E-state index >= 15 is 0 Å². The number of rotatable bonds is 17. The van der Waals surface area contributed by atoms with Crippen LogP contribution in [0.4, 0.5) is 14.4 Å². The van der Waals surface area contributed by atoms with Crippen LogP contribution in [0, 0.1) is 5.92 Å². The Hall–Kier alpha value is -3.54. The Morgan fingerprint density at radius 2 is 1.29 bits per heavy atom. The van der Waals surface area contributed by atoms with Crippen LogP contribution in [0.5, 0.6) is 11.5 Å². The fourth-order valence-electron chi connectivity index (χ4n) is 4.05. The molecule has 0 fully saturated rings. The lowest BCUT2D eigenvalue weighted by Crippen LogP contribution is -2.38. The first-order chi connectivity index (χ1) is 19.8. The van der Waals surface area contributed by atoms with Crippen molar-refractivity contribution in [1.29, 1.82) is 0 Å². The molecule has 3 N–H and O–H groups in total. The Morgan fingerprint density at radius 1 is 0.762 bits per heavy atom. The molecular formula is C30H47NO11. The van der Waals surface area contributed by atoms with E-state index in [1.165, 1.54) is 18.2 Å². The predicted molar refractivity (Wildman–Crippen MR) is 154 cm³/mol. The van der Waals surface area contributed by atoms with E-state index < -0.39 is 54.7 Å². The molecular weight excluding hydrogens is 550 g/mol. The molecule has 0 amide bonds. The number of hydrogen-bond acceptors (Lipinski definition) is 11. The average Bonchev–Trinajstić information content (AvgIpc) is 2.87. The van der Waals surface area contributed by atoms with Gasteiger partial charge in [0.1, 0.15) is 24.4 Å². The molecule has 0 radical (unpaired) electrons. The third-order valence-corrected chi connectivity index (χ3v) is 6.28. The van der Waals surface area contributed by atoms with Crippen molar-refractivity contribution in [3.05, 3.63) is 23.8 Å². The van der Waals surface area contributed by atoms with Gasteiger partial charge in [0.2, 0.25) is 0 Å². The SMILES string of the molecule is CCCC(C)OC(=O)Oc1ccc(C(CC(C)OC(=O)OCCC(C)C)[C@H](N)C(=O)O)cc1OC(=O)OC(C)CCC. The molecule has 0 bridgehead atoms. The Kier molecular flexibility index (Phi) is 16.3. The molecule has 12 heteroatoms. The highest BCUT2D eigenvalue weighted by molar-refractivity contribution is 5.75. The number of carboxylic acids is 1. The highest BCUT2D eigenvalue weighted by atomic mass is 16.8. The molecule has 0 aliphatic carbocycles. The molecule has 0 aliphatic heterocycles. The van der Waals surface area contributed by atoms with Crippen molar-refractivity contribution < 1.29 is 52.7 Å². The second-order valence-corrected chi connectivity index (χ2v) is 10.8. The third-order valence-electron chi connectivity index (χ3n) is 6.28. The summed E-state index contributed by atoms with van der Waals surface area (Å²) in [5, 5.41) is 9.69. The number of hydrogen-bond donors (Lipinski definition) is 2. The molecule has 0 saturated heterocycles. The summed E-state index contributed by atoms with van der Waals surface area (Å²) >= 11 is 0. The Morgan fingerprint density at radius 3 is 1.79 bits per heavy atom. The minimum atomic E-state index is -1.41. The Bertz CT molecular complexity index is 1010. The van der Waals surface area contributed by atoms with E-state index in [2.05, 4.69) is 0 Å². The molecule has 0 spiro atoms. The van der Waals surface area contributed by atoms with Gasteiger partial charge in [0, 0.05) is 5.92 Å². The largest absolute Gasteiger partial charge is 0.514 e. The number of carboxylic acid groups (broad SMARTS) is 1. The van der Waals surface area contributed by atoms with Crippen LogP contribution < -0.4 is 15.2 Å². The average molecular weight is 598 g/mol. The molecule has 12 nitrogen and oxygen atoms in total. The summed E-state index contributed by atoms with van der Waals surface area (Å²) in [6.07, 6.45) is -1.05. The minimum Gasteiger partial charge on any atom is -0.480 e. The van der Waals surface area contributed by atoms with Gasteiger partial charge in [-0.15, -0.1) is 0 Å². The van der Waals surface area contributed by atoms with Crippen LogP contribution in [0.15, 0.2) is 18.2 Å². The van der Waals surface area contributed by atoms with E-state index in [0.717, 1.165) is 12.8 Å². The molecule has 0 aliphatic rings. The maximum atomic E-state index is 12.5. The molecule has 0 aromatic heterocycles. The first-order valence-corrected chi connectivity index (χ1v) is 14.5. The van der Waals surface area contributed by atoms with Gasteiger partial charge in [0.25, 0.3) is 0 Å². The quantitative estimate of drug-likeness (QED) is 0.113. The first-order valence-electron chi connectivity index (χ1n) is 14.5. The van der Waals surface area contributed by atoms with Crippen molar-refractivity contribution in [2.75, 3.05) is 6.61 Å². The second-order valence-electron chi connectivity index (χ2n) is 10.8. The van der Waals surface area contributed by atoms with Gasteiger partial charge in [-0.05, 0) is 70.1 Å². The van der Waals surface area contributed by atoms with E-state index in [4.69, 9.17) is 34.2 Å². The van der Waals surface area contributed by atoms with Crippen LogP contribution in [0.2, 0.25) is 0 Å². The van der Waals surface area contributed by atoms with Gasteiger partial charge in [0.05, 0.1) is 6.61 Å². The highest BCUT2D eigenvalue weighted by Gasteiger charge is 2.31. The van der Waals surface area contributed by atoms with Crippen LogP contribution in [0.3, 0.4) is 0 Å². The summed E-state index contributed by atoms with van der Waals surface area (Å²) in [4.78, 5) is 48.9. The monoisotopic (exact) mass is 597 g/mol. The molecule has 1 aromatic carbocycles. The first kappa shape index (κ1) is 36.5. The standard InChI is InChI=1S/C30H47NO11/c1-8-10-19(5)38-29(35)41-24-13-12-22(17-25(24)42-30(36)39-20(6)11-9-2)23(26(31)27(32)33)16-21(7)40-28(34)37-15-14-18(3)4/h12-13,17-21,23,26H,8-11,14-16,31H2,1-7H3,(H,32,33)/t19?,20?,21?,23?,26-/m0/s1. The lowest BCUT2D eigenvalue weighted by atomic mass is 9.87. The normalized spacial score (nSPS) is 14.6. The van der Waals surface area contributed by atoms with E-state index in [0.29, 0.717) is 30.7 Å². The highest BCUT2D eigenvalue weighted by Crippen LogP contribution is 2.35. The topological polar surface area (TPSA) is 170 Å². The number of carbonyl (C=O) groups excluding carboxylic acids is 3. The zero-order chi connectivity index (χ0) is 31.8. The van der Waals surface area contributed by atoms with Gasteiger partial charge in [-0.2, -0.15) is 0 Å². The van der Waals surface area contributed by atoms with Gasteiger partial charge in [-0.1, -0.05) is 46.6 Å². The summed E-state index contributed by atoms with van der Waals surface area (Å²) in [6, 6.07) is 2.75. The zero-order valence-corrected chi connectivity index (χ0v) is 25.8. The van der Waals surface area contributed by atoms with Crippen LogP contribution in [0.25, 0.3) is 0 Å². The van der Waals surface area contributed by atoms with Crippen molar-refractivity contribution in [3.8, 4) is 11.5 Å². The number of carbonyl (C=O) groups is 4. The third kappa shape index (κ3) is 13.9. The van der Waals surface area contributed by atoms with Crippen molar-refractivity contribution in [2.24, 2.45) is 11.7 Å². The van der Waals surface area contributed by atoms with E-state index in [1.54, 1.807) is 20.8 Å². The second kappa shape index (κ2) is 18.8. The van der Waals surface area contributed by atoms with Crippen LogP contribution >= 0.6 is 0 Å². The Balaban J connectivity index is 3.27. The van der Waals surface area contributed by atoms with Gasteiger partial charge in [0.15, 0.2) is 11.5 Å². The molecule has 5 atom stereocenters.